The molecule has 2 aromatic rings. The van der Waals surface area contributed by atoms with Crippen molar-refractivity contribution in [2.45, 2.75) is 31.0 Å². The molecule has 0 aliphatic carbocycles. The van der Waals surface area contributed by atoms with Crippen molar-refractivity contribution in [1.29, 1.82) is 0 Å². The SMILES string of the molecule is COc1ccc(Cl)cc1NC(=O)[C@H]1C[C@H]([C@@H](C)O)N[C@]12C(=O)Nc1c(Cl)cccc12. The summed E-state index contributed by atoms with van der Waals surface area (Å²) in [5.41, 5.74) is 0.107. The van der Waals surface area contributed by atoms with E-state index in [1.165, 1.54) is 7.11 Å². The Balaban J connectivity index is 1.76. The van der Waals surface area contributed by atoms with Gasteiger partial charge in [0.15, 0.2) is 0 Å². The first-order valence-corrected chi connectivity index (χ1v) is 10.2. The Morgan fingerprint density at radius 2 is 2.10 bits per heavy atom. The van der Waals surface area contributed by atoms with Gasteiger partial charge in [-0.05, 0) is 37.6 Å². The van der Waals surface area contributed by atoms with Gasteiger partial charge in [0.1, 0.15) is 11.3 Å². The van der Waals surface area contributed by atoms with E-state index in [2.05, 4.69) is 16.0 Å². The number of ether oxygens (including phenoxy) is 1. The third-order valence-electron chi connectivity index (χ3n) is 5.78. The van der Waals surface area contributed by atoms with Crippen LogP contribution in [-0.4, -0.2) is 36.2 Å². The lowest BCUT2D eigenvalue weighted by Gasteiger charge is -2.29. The molecule has 2 aromatic carbocycles. The zero-order valence-electron chi connectivity index (χ0n) is 16.3. The Hall–Kier alpha value is -2.32. The number of hydrogen-bond donors (Lipinski definition) is 4. The molecule has 0 saturated carbocycles. The van der Waals surface area contributed by atoms with Crippen LogP contribution in [0.15, 0.2) is 36.4 Å². The predicted molar refractivity (Wildman–Crippen MR) is 115 cm³/mol. The average Bonchev–Trinajstić information content (AvgIpc) is 3.24. The number of aliphatic hydroxyl groups is 1. The van der Waals surface area contributed by atoms with E-state index in [0.29, 0.717) is 32.7 Å². The van der Waals surface area contributed by atoms with E-state index < -0.39 is 29.5 Å². The molecular formula is C21H21Cl2N3O4. The molecule has 158 valence electrons. The summed E-state index contributed by atoms with van der Waals surface area (Å²) >= 11 is 12.4. The quantitative estimate of drug-likeness (QED) is 0.574. The molecule has 1 saturated heterocycles. The highest BCUT2D eigenvalue weighted by atomic mass is 35.5. The van der Waals surface area contributed by atoms with Crippen LogP contribution in [0.5, 0.6) is 5.75 Å². The lowest BCUT2D eigenvalue weighted by molar-refractivity contribution is -0.130. The standard InChI is InChI=1S/C21H21Cl2N3O4/c1-10(27)15-9-13(19(28)24-16-8-11(22)6-7-17(16)30-2)21(26-15)12-4-3-5-14(23)18(12)25-20(21)29/h3-8,10,13,15,26-27H,9H2,1-2H3,(H,24,28)(H,25,29)/t10-,13-,15-,21+/m1/s1. The third-order valence-corrected chi connectivity index (χ3v) is 6.33. The van der Waals surface area contributed by atoms with E-state index in [9.17, 15) is 14.7 Å². The highest BCUT2D eigenvalue weighted by Gasteiger charge is 2.61. The molecule has 2 amide bonds. The number of para-hydroxylation sites is 1. The van der Waals surface area contributed by atoms with Crippen molar-refractivity contribution in [3.05, 3.63) is 52.0 Å². The molecule has 4 N–H and O–H groups in total. The minimum atomic E-state index is -1.35. The first-order chi connectivity index (χ1) is 14.3. The van der Waals surface area contributed by atoms with Gasteiger partial charge in [-0.15, -0.1) is 0 Å². The molecule has 4 rings (SSSR count). The maximum Gasteiger partial charge on any atom is 0.250 e. The van der Waals surface area contributed by atoms with Gasteiger partial charge in [0.2, 0.25) is 11.8 Å². The van der Waals surface area contributed by atoms with Gasteiger partial charge in [-0.3, -0.25) is 14.9 Å². The Labute approximate surface area is 183 Å². The van der Waals surface area contributed by atoms with Gasteiger partial charge in [0.25, 0.3) is 0 Å². The van der Waals surface area contributed by atoms with Gasteiger partial charge in [-0.2, -0.15) is 0 Å². The number of anilines is 2. The third kappa shape index (κ3) is 3.22. The molecule has 1 fully saturated rings. The summed E-state index contributed by atoms with van der Waals surface area (Å²) < 4.78 is 5.31. The van der Waals surface area contributed by atoms with Crippen LogP contribution >= 0.6 is 23.2 Å². The van der Waals surface area contributed by atoms with Crippen molar-refractivity contribution in [3.8, 4) is 5.75 Å². The van der Waals surface area contributed by atoms with Gasteiger partial charge in [0.05, 0.1) is 35.5 Å². The fourth-order valence-electron chi connectivity index (χ4n) is 4.31. The Morgan fingerprint density at radius 1 is 1.33 bits per heavy atom. The molecule has 1 spiro atoms. The largest absolute Gasteiger partial charge is 0.495 e. The van der Waals surface area contributed by atoms with Crippen molar-refractivity contribution < 1.29 is 19.4 Å². The summed E-state index contributed by atoms with van der Waals surface area (Å²) in [5.74, 6) is -1.14. The molecule has 0 aromatic heterocycles. The fourth-order valence-corrected chi connectivity index (χ4v) is 4.70. The number of aliphatic hydroxyl groups excluding tert-OH is 1. The summed E-state index contributed by atoms with van der Waals surface area (Å²) in [5, 5.41) is 19.9. The monoisotopic (exact) mass is 449 g/mol. The molecule has 4 atom stereocenters. The maximum atomic E-state index is 13.4. The van der Waals surface area contributed by atoms with Crippen molar-refractivity contribution >= 4 is 46.4 Å². The summed E-state index contributed by atoms with van der Waals surface area (Å²) in [4.78, 5) is 26.6. The normalized spacial score (nSPS) is 25.7. The van der Waals surface area contributed by atoms with Crippen molar-refractivity contribution in [2.24, 2.45) is 5.92 Å². The summed E-state index contributed by atoms with van der Waals surface area (Å²) in [6.45, 7) is 1.62. The second-order valence-electron chi connectivity index (χ2n) is 7.54. The molecule has 9 heteroatoms. The molecule has 2 aliphatic rings. The van der Waals surface area contributed by atoms with E-state index in [-0.39, 0.29) is 12.3 Å². The number of hydrogen-bond acceptors (Lipinski definition) is 5. The lowest BCUT2D eigenvalue weighted by Crippen LogP contribution is -2.53. The molecule has 0 bridgehead atoms. The summed E-state index contributed by atoms with van der Waals surface area (Å²) in [6, 6.07) is 9.59. The molecule has 0 radical (unpaired) electrons. The van der Waals surface area contributed by atoms with Crippen LogP contribution in [0.2, 0.25) is 10.0 Å². The molecule has 7 nitrogen and oxygen atoms in total. The summed E-state index contributed by atoms with van der Waals surface area (Å²) in [7, 11) is 1.49. The average molecular weight is 450 g/mol. The predicted octanol–water partition coefficient (Wildman–Crippen LogP) is 3.15. The minimum Gasteiger partial charge on any atom is -0.495 e. The van der Waals surface area contributed by atoms with Crippen LogP contribution in [0.1, 0.15) is 18.9 Å². The highest BCUT2D eigenvalue weighted by molar-refractivity contribution is 6.35. The highest BCUT2D eigenvalue weighted by Crippen LogP contribution is 2.49. The molecule has 2 heterocycles. The zero-order valence-corrected chi connectivity index (χ0v) is 17.8. The summed E-state index contributed by atoms with van der Waals surface area (Å²) in [6.07, 6.45) is -0.511. The van der Waals surface area contributed by atoms with Crippen LogP contribution in [0.4, 0.5) is 11.4 Å². The van der Waals surface area contributed by atoms with Crippen molar-refractivity contribution in [1.82, 2.24) is 5.32 Å². The number of amides is 2. The lowest BCUT2D eigenvalue weighted by atomic mass is 9.79. The van der Waals surface area contributed by atoms with E-state index >= 15 is 0 Å². The van der Waals surface area contributed by atoms with E-state index in [1.807, 2.05) is 0 Å². The van der Waals surface area contributed by atoms with Gasteiger partial charge >= 0.3 is 0 Å². The molecule has 30 heavy (non-hydrogen) atoms. The van der Waals surface area contributed by atoms with Crippen molar-refractivity contribution in [3.63, 3.8) is 0 Å². The smallest absolute Gasteiger partial charge is 0.250 e. The second kappa shape index (κ2) is 7.74. The number of halogens is 2. The van der Waals surface area contributed by atoms with Gasteiger partial charge < -0.3 is 20.5 Å². The molecule has 2 aliphatic heterocycles. The van der Waals surface area contributed by atoms with E-state index in [1.54, 1.807) is 43.3 Å². The Bertz CT molecular complexity index is 1030. The van der Waals surface area contributed by atoms with Crippen LogP contribution in [-0.2, 0) is 15.1 Å². The number of methoxy groups -OCH3 is 1. The Kier molecular flexibility index (Phi) is 5.40. The Morgan fingerprint density at radius 3 is 2.80 bits per heavy atom. The number of fused-ring (bicyclic) bond motifs is 2. The number of nitrogens with one attached hydrogen (secondary N) is 3. The van der Waals surface area contributed by atoms with E-state index in [0.717, 1.165) is 0 Å². The van der Waals surface area contributed by atoms with Gasteiger partial charge in [0, 0.05) is 16.6 Å². The topological polar surface area (TPSA) is 99.7 Å². The van der Waals surface area contributed by atoms with Crippen LogP contribution in [0.25, 0.3) is 0 Å². The minimum absolute atomic E-state index is 0.256. The van der Waals surface area contributed by atoms with Crippen LogP contribution < -0.4 is 20.7 Å². The first-order valence-electron chi connectivity index (χ1n) is 9.48. The van der Waals surface area contributed by atoms with Gasteiger partial charge in [-0.1, -0.05) is 35.3 Å². The van der Waals surface area contributed by atoms with Crippen molar-refractivity contribution in [2.75, 3.05) is 17.7 Å². The van der Waals surface area contributed by atoms with Crippen LogP contribution in [0.3, 0.4) is 0 Å². The van der Waals surface area contributed by atoms with Crippen LogP contribution in [0, 0.1) is 5.92 Å². The molecule has 0 unspecified atom stereocenters. The first kappa shape index (κ1) is 20.9. The fraction of sp³-hybridized carbons (Fsp3) is 0.333. The van der Waals surface area contributed by atoms with E-state index in [4.69, 9.17) is 27.9 Å². The zero-order chi connectivity index (χ0) is 21.6. The van der Waals surface area contributed by atoms with Gasteiger partial charge in [-0.25, -0.2) is 0 Å². The maximum absolute atomic E-state index is 13.4. The number of rotatable bonds is 4. The number of carbonyl (C=O) groups excluding carboxylic acids is 2. The second-order valence-corrected chi connectivity index (χ2v) is 8.38. The molecular weight excluding hydrogens is 429 g/mol. The number of benzene rings is 2. The number of carbonyl (C=O) groups is 2.